The fourth-order valence-electron chi connectivity index (χ4n) is 2.76. The second-order valence-electron chi connectivity index (χ2n) is 5.84. The predicted molar refractivity (Wildman–Crippen MR) is 86.1 cm³/mol. The van der Waals surface area contributed by atoms with E-state index in [1.807, 2.05) is 43.5 Å². The van der Waals surface area contributed by atoms with Gasteiger partial charge in [0, 0.05) is 58.1 Å². The van der Waals surface area contributed by atoms with Gasteiger partial charge in [0.05, 0.1) is 5.69 Å². The van der Waals surface area contributed by atoms with Gasteiger partial charge in [-0.25, -0.2) is 4.98 Å². The Labute approximate surface area is 129 Å². The highest BCUT2D eigenvalue weighted by Crippen LogP contribution is 2.14. The van der Waals surface area contributed by atoms with Crippen LogP contribution in [0.2, 0.25) is 0 Å². The summed E-state index contributed by atoms with van der Waals surface area (Å²) in [6.07, 6.45) is 5.19. The van der Waals surface area contributed by atoms with E-state index in [-0.39, 0.29) is 5.56 Å². The van der Waals surface area contributed by atoms with Gasteiger partial charge in [0.2, 0.25) is 5.95 Å². The molecule has 0 radical (unpaired) electrons. The third-order valence-electron chi connectivity index (χ3n) is 4.01. The Morgan fingerprint density at radius 2 is 1.95 bits per heavy atom. The van der Waals surface area contributed by atoms with Crippen LogP contribution in [0.4, 0.5) is 5.95 Å². The van der Waals surface area contributed by atoms with Crippen molar-refractivity contribution in [2.75, 3.05) is 32.1 Å². The SMILES string of the molecule is CN(C)c1nc2c(c(=O)[nH]1)CCN(Cc1ccncc1)CC2. The molecule has 0 spiro atoms. The number of nitrogens with one attached hydrogen (secondary N) is 1. The monoisotopic (exact) mass is 299 g/mol. The van der Waals surface area contributed by atoms with Crippen LogP contribution in [-0.2, 0) is 19.4 Å². The first-order valence-corrected chi connectivity index (χ1v) is 7.54. The molecule has 22 heavy (non-hydrogen) atoms. The van der Waals surface area contributed by atoms with Crippen LogP contribution in [0.15, 0.2) is 29.3 Å². The highest BCUT2D eigenvalue weighted by molar-refractivity contribution is 5.32. The van der Waals surface area contributed by atoms with E-state index in [2.05, 4.69) is 19.9 Å². The Hall–Kier alpha value is -2.21. The van der Waals surface area contributed by atoms with Crippen LogP contribution in [0.5, 0.6) is 0 Å². The van der Waals surface area contributed by atoms with Gasteiger partial charge in [0.25, 0.3) is 5.56 Å². The van der Waals surface area contributed by atoms with Crippen molar-refractivity contribution in [1.29, 1.82) is 0 Å². The highest BCUT2D eigenvalue weighted by atomic mass is 16.1. The minimum absolute atomic E-state index is 0.000499. The van der Waals surface area contributed by atoms with E-state index in [0.717, 1.165) is 43.7 Å². The predicted octanol–water partition coefficient (Wildman–Crippen LogP) is 0.832. The number of H-pyrrole nitrogens is 1. The van der Waals surface area contributed by atoms with Gasteiger partial charge in [-0.15, -0.1) is 0 Å². The van der Waals surface area contributed by atoms with Gasteiger partial charge in [-0.1, -0.05) is 0 Å². The van der Waals surface area contributed by atoms with Crippen molar-refractivity contribution in [3.63, 3.8) is 0 Å². The smallest absolute Gasteiger partial charge is 0.255 e. The van der Waals surface area contributed by atoms with Gasteiger partial charge in [-0.3, -0.25) is 19.7 Å². The summed E-state index contributed by atoms with van der Waals surface area (Å²) in [5.74, 6) is 0.631. The molecule has 116 valence electrons. The summed E-state index contributed by atoms with van der Waals surface area (Å²) in [5, 5.41) is 0. The molecular weight excluding hydrogens is 278 g/mol. The van der Waals surface area contributed by atoms with Crippen LogP contribution >= 0.6 is 0 Å². The fraction of sp³-hybridized carbons (Fsp3) is 0.438. The first kappa shape index (κ1) is 14.7. The number of hydrogen-bond acceptors (Lipinski definition) is 5. The zero-order valence-corrected chi connectivity index (χ0v) is 13.0. The molecule has 0 atom stereocenters. The van der Waals surface area contributed by atoms with Crippen molar-refractivity contribution in [2.45, 2.75) is 19.4 Å². The maximum atomic E-state index is 12.3. The molecule has 6 heteroatoms. The number of nitrogens with zero attached hydrogens (tertiary/aromatic N) is 4. The minimum Gasteiger partial charge on any atom is -0.348 e. The molecule has 0 fully saturated rings. The van der Waals surface area contributed by atoms with Crippen LogP contribution in [0.3, 0.4) is 0 Å². The summed E-state index contributed by atoms with van der Waals surface area (Å²) in [5.41, 5.74) is 3.02. The normalized spacial score (nSPS) is 15.2. The standard InChI is InChI=1S/C16H21N5O/c1-20(2)16-18-14-6-10-21(9-5-13(14)15(22)19-16)11-12-3-7-17-8-4-12/h3-4,7-8H,5-6,9-11H2,1-2H3,(H,18,19,22). The molecule has 0 aromatic carbocycles. The zero-order chi connectivity index (χ0) is 15.5. The molecule has 1 aliphatic rings. The van der Waals surface area contributed by atoms with Gasteiger partial charge >= 0.3 is 0 Å². The molecule has 3 heterocycles. The molecule has 2 aromatic heterocycles. The second-order valence-corrected chi connectivity index (χ2v) is 5.84. The van der Waals surface area contributed by atoms with Gasteiger partial charge in [-0.05, 0) is 24.1 Å². The molecule has 1 aliphatic heterocycles. The van der Waals surface area contributed by atoms with Crippen LogP contribution in [0.1, 0.15) is 16.8 Å². The first-order chi connectivity index (χ1) is 10.6. The summed E-state index contributed by atoms with van der Waals surface area (Å²) in [6, 6.07) is 4.07. The summed E-state index contributed by atoms with van der Waals surface area (Å²) >= 11 is 0. The minimum atomic E-state index is -0.000499. The van der Waals surface area contributed by atoms with E-state index in [0.29, 0.717) is 5.95 Å². The third-order valence-corrected chi connectivity index (χ3v) is 4.01. The van der Waals surface area contributed by atoms with E-state index >= 15 is 0 Å². The quantitative estimate of drug-likeness (QED) is 0.909. The lowest BCUT2D eigenvalue weighted by Crippen LogP contribution is -2.26. The Morgan fingerprint density at radius 3 is 2.68 bits per heavy atom. The van der Waals surface area contributed by atoms with Crippen molar-refractivity contribution in [2.24, 2.45) is 0 Å². The van der Waals surface area contributed by atoms with Crippen molar-refractivity contribution >= 4 is 5.95 Å². The van der Waals surface area contributed by atoms with Crippen LogP contribution in [0.25, 0.3) is 0 Å². The van der Waals surface area contributed by atoms with E-state index in [9.17, 15) is 4.79 Å². The molecular formula is C16H21N5O. The van der Waals surface area contributed by atoms with Crippen LogP contribution in [0, 0.1) is 0 Å². The van der Waals surface area contributed by atoms with Crippen molar-refractivity contribution in [3.8, 4) is 0 Å². The number of aromatic nitrogens is 3. The molecule has 0 saturated carbocycles. The Kier molecular flexibility index (Phi) is 4.20. The molecule has 0 unspecified atom stereocenters. The van der Waals surface area contributed by atoms with Crippen molar-refractivity contribution < 1.29 is 0 Å². The molecule has 1 N–H and O–H groups in total. The number of aromatic amines is 1. The second kappa shape index (κ2) is 6.27. The fourth-order valence-corrected chi connectivity index (χ4v) is 2.76. The topological polar surface area (TPSA) is 65.1 Å². The van der Waals surface area contributed by atoms with Gasteiger partial charge < -0.3 is 4.90 Å². The Bertz CT molecular complexity index is 695. The largest absolute Gasteiger partial charge is 0.348 e. The molecule has 0 amide bonds. The Morgan fingerprint density at radius 1 is 1.23 bits per heavy atom. The lowest BCUT2D eigenvalue weighted by atomic mass is 10.1. The highest BCUT2D eigenvalue weighted by Gasteiger charge is 2.19. The number of anilines is 1. The number of hydrogen-bond donors (Lipinski definition) is 1. The van der Waals surface area contributed by atoms with Gasteiger partial charge in [0.1, 0.15) is 0 Å². The summed E-state index contributed by atoms with van der Waals surface area (Å²) in [6.45, 7) is 2.68. The van der Waals surface area contributed by atoms with E-state index in [1.165, 1.54) is 5.56 Å². The maximum absolute atomic E-state index is 12.3. The third kappa shape index (κ3) is 3.17. The van der Waals surface area contributed by atoms with Crippen molar-refractivity contribution in [1.82, 2.24) is 19.9 Å². The number of fused-ring (bicyclic) bond motifs is 1. The molecule has 3 rings (SSSR count). The average molecular weight is 299 g/mol. The maximum Gasteiger partial charge on any atom is 0.255 e. The van der Waals surface area contributed by atoms with Crippen molar-refractivity contribution in [3.05, 3.63) is 51.7 Å². The van der Waals surface area contributed by atoms with Gasteiger partial charge in [-0.2, -0.15) is 0 Å². The van der Waals surface area contributed by atoms with Crippen LogP contribution in [-0.4, -0.2) is 47.0 Å². The lowest BCUT2D eigenvalue weighted by molar-refractivity contribution is 0.279. The molecule has 2 aromatic rings. The molecule has 0 saturated heterocycles. The van der Waals surface area contributed by atoms with E-state index in [4.69, 9.17) is 0 Å². The number of pyridine rings is 1. The Balaban J connectivity index is 1.78. The van der Waals surface area contributed by atoms with E-state index < -0.39 is 0 Å². The molecule has 0 aliphatic carbocycles. The van der Waals surface area contributed by atoms with Crippen LogP contribution < -0.4 is 10.5 Å². The summed E-state index contributed by atoms with van der Waals surface area (Å²) in [4.78, 5) is 28.0. The summed E-state index contributed by atoms with van der Waals surface area (Å²) < 4.78 is 0. The molecule has 0 bridgehead atoms. The first-order valence-electron chi connectivity index (χ1n) is 7.54. The average Bonchev–Trinajstić information content (AvgIpc) is 2.71. The zero-order valence-electron chi connectivity index (χ0n) is 13.0. The number of rotatable bonds is 3. The lowest BCUT2D eigenvalue weighted by Gasteiger charge is -2.19. The summed E-state index contributed by atoms with van der Waals surface area (Å²) in [7, 11) is 3.77. The van der Waals surface area contributed by atoms with E-state index in [1.54, 1.807) is 0 Å². The molecule has 6 nitrogen and oxygen atoms in total. The van der Waals surface area contributed by atoms with Gasteiger partial charge in [0.15, 0.2) is 0 Å².